The first-order chi connectivity index (χ1) is 7.74. The van der Waals surface area contributed by atoms with Crippen molar-refractivity contribution in [3.05, 3.63) is 48.0 Å². The third-order valence-electron chi connectivity index (χ3n) is 2.97. The summed E-state index contributed by atoms with van der Waals surface area (Å²) in [5.74, 6) is -0.00940. The number of nitrogens with two attached hydrogens (primary N) is 1. The smallest absolute Gasteiger partial charge is 0.244 e. The Balaban J connectivity index is 2.33. The highest BCUT2D eigenvalue weighted by molar-refractivity contribution is 5.84. The topological polar surface area (TPSA) is 46.3 Å². The number of hydrogen-bond acceptors (Lipinski definition) is 2. The van der Waals surface area contributed by atoms with Gasteiger partial charge in [0.25, 0.3) is 0 Å². The van der Waals surface area contributed by atoms with Crippen LogP contribution < -0.4 is 5.73 Å². The van der Waals surface area contributed by atoms with E-state index in [9.17, 15) is 4.79 Å². The summed E-state index contributed by atoms with van der Waals surface area (Å²) in [6.45, 7) is 4.95. The Kier molecular flexibility index (Phi) is 3.06. The van der Waals surface area contributed by atoms with Crippen LogP contribution in [0.15, 0.2) is 36.9 Å². The lowest BCUT2D eigenvalue weighted by atomic mass is 10.00. The molecule has 1 amide bonds. The molecule has 1 aromatic rings. The lowest BCUT2D eigenvalue weighted by Gasteiger charge is -2.21. The third-order valence-corrected chi connectivity index (χ3v) is 2.97. The van der Waals surface area contributed by atoms with Crippen molar-refractivity contribution in [2.45, 2.75) is 12.5 Å². The van der Waals surface area contributed by atoms with Crippen molar-refractivity contribution in [2.75, 3.05) is 13.1 Å². The highest BCUT2D eigenvalue weighted by Gasteiger charge is 2.26. The van der Waals surface area contributed by atoms with Gasteiger partial charge in [-0.1, -0.05) is 30.3 Å². The number of benzene rings is 1. The summed E-state index contributed by atoms with van der Waals surface area (Å²) in [6.07, 6.45) is 2.60. The van der Waals surface area contributed by atoms with Crippen molar-refractivity contribution in [1.29, 1.82) is 0 Å². The minimum atomic E-state index is -0.529. The fourth-order valence-electron chi connectivity index (χ4n) is 2.10. The maximum Gasteiger partial charge on any atom is 0.244 e. The molecule has 0 bridgehead atoms. The molecule has 16 heavy (non-hydrogen) atoms. The quantitative estimate of drug-likeness (QED) is 0.756. The molecule has 2 rings (SSSR count). The van der Waals surface area contributed by atoms with Gasteiger partial charge in [0, 0.05) is 13.1 Å². The van der Waals surface area contributed by atoms with E-state index in [0.717, 1.165) is 18.5 Å². The van der Waals surface area contributed by atoms with E-state index in [4.69, 9.17) is 5.73 Å². The van der Waals surface area contributed by atoms with E-state index in [1.807, 2.05) is 24.3 Å². The highest BCUT2D eigenvalue weighted by Crippen LogP contribution is 2.22. The van der Waals surface area contributed by atoms with Crippen molar-refractivity contribution in [3.8, 4) is 0 Å². The van der Waals surface area contributed by atoms with Crippen LogP contribution in [0.2, 0.25) is 0 Å². The molecule has 0 fully saturated rings. The first-order valence-electron chi connectivity index (χ1n) is 5.47. The van der Waals surface area contributed by atoms with Gasteiger partial charge < -0.3 is 10.6 Å². The SMILES string of the molecule is C=CCN1CCc2ccccc2C(N)C1=O. The molecule has 0 saturated heterocycles. The number of hydrogen-bond donors (Lipinski definition) is 1. The zero-order chi connectivity index (χ0) is 11.5. The Labute approximate surface area is 95.6 Å². The summed E-state index contributed by atoms with van der Waals surface area (Å²) in [5.41, 5.74) is 8.12. The molecule has 1 unspecified atom stereocenters. The second kappa shape index (κ2) is 4.49. The Morgan fingerprint density at radius 3 is 3.00 bits per heavy atom. The summed E-state index contributed by atoms with van der Waals surface area (Å²) < 4.78 is 0. The zero-order valence-corrected chi connectivity index (χ0v) is 9.23. The Bertz CT molecular complexity index is 414. The van der Waals surface area contributed by atoms with Gasteiger partial charge in [-0.2, -0.15) is 0 Å². The number of nitrogens with zero attached hydrogens (tertiary/aromatic N) is 1. The van der Waals surface area contributed by atoms with Gasteiger partial charge in [-0.3, -0.25) is 4.79 Å². The Morgan fingerprint density at radius 2 is 2.25 bits per heavy atom. The summed E-state index contributed by atoms with van der Waals surface area (Å²) in [5, 5.41) is 0. The third kappa shape index (κ3) is 1.86. The molecule has 0 spiro atoms. The van der Waals surface area contributed by atoms with Crippen LogP contribution in [-0.2, 0) is 11.2 Å². The normalized spacial score (nSPS) is 20.2. The summed E-state index contributed by atoms with van der Waals surface area (Å²) in [6, 6.07) is 7.36. The van der Waals surface area contributed by atoms with Crippen LogP contribution in [0.5, 0.6) is 0 Å². The standard InChI is InChI=1S/C13H16N2O/c1-2-8-15-9-7-10-5-3-4-6-11(10)12(14)13(15)16/h2-6,12H,1,7-9,14H2. The molecular formula is C13H16N2O. The minimum Gasteiger partial charge on any atom is -0.337 e. The van der Waals surface area contributed by atoms with E-state index in [2.05, 4.69) is 6.58 Å². The van der Waals surface area contributed by atoms with E-state index in [-0.39, 0.29) is 5.91 Å². The average Bonchev–Trinajstić information content (AvgIpc) is 2.43. The molecule has 0 saturated carbocycles. The van der Waals surface area contributed by atoms with Crippen LogP contribution in [0.25, 0.3) is 0 Å². The van der Waals surface area contributed by atoms with Crippen LogP contribution in [0.4, 0.5) is 0 Å². The molecule has 3 nitrogen and oxygen atoms in total. The maximum atomic E-state index is 12.1. The molecule has 1 aromatic carbocycles. The number of carbonyl (C=O) groups is 1. The molecule has 3 heteroatoms. The average molecular weight is 216 g/mol. The second-order valence-electron chi connectivity index (χ2n) is 4.00. The maximum absolute atomic E-state index is 12.1. The molecule has 1 heterocycles. The summed E-state index contributed by atoms with van der Waals surface area (Å²) in [7, 11) is 0. The minimum absolute atomic E-state index is 0.00940. The van der Waals surface area contributed by atoms with Gasteiger partial charge in [0.1, 0.15) is 6.04 Å². The van der Waals surface area contributed by atoms with Crippen LogP contribution >= 0.6 is 0 Å². The molecule has 2 N–H and O–H groups in total. The lowest BCUT2D eigenvalue weighted by molar-refractivity contribution is -0.131. The zero-order valence-electron chi connectivity index (χ0n) is 9.23. The molecule has 1 aliphatic heterocycles. The number of carbonyl (C=O) groups excluding carboxylic acids is 1. The molecule has 0 aliphatic carbocycles. The summed E-state index contributed by atoms with van der Waals surface area (Å²) in [4.78, 5) is 13.8. The van der Waals surface area contributed by atoms with Crippen molar-refractivity contribution in [1.82, 2.24) is 4.90 Å². The van der Waals surface area contributed by atoms with E-state index in [1.54, 1.807) is 11.0 Å². The monoisotopic (exact) mass is 216 g/mol. The fraction of sp³-hybridized carbons (Fsp3) is 0.308. The second-order valence-corrected chi connectivity index (χ2v) is 4.00. The van der Waals surface area contributed by atoms with Gasteiger partial charge in [0.05, 0.1) is 0 Å². The molecule has 84 valence electrons. The van der Waals surface area contributed by atoms with Gasteiger partial charge in [0.15, 0.2) is 0 Å². The van der Waals surface area contributed by atoms with Crippen molar-refractivity contribution >= 4 is 5.91 Å². The number of fused-ring (bicyclic) bond motifs is 1. The van der Waals surface area contributed by atoms with Crippen molar-refractivity contribution in [2.24, 2.45) is 5.73 Å². The largest absolute Gasteiger partial charge is 0.337 e. The number of rotatable bonds is 2. The molecule has 1 atom stereocenters. The first-order valence-corrected chi connectivity index (χ1v) is 5.47. The van der Waals surface area contributed by atoms with E-state index in [1.165, 1.54) is 5.56 Å². The molecule has 1 aliphatic rings. The van der Waals surface area contributed by atoms with Gasteiger partial charge in [-0.05, 0) is 17.5 Å². The van der Waals surface area contributed by atoms with Crippen LogP contribution in [-0.4, -0.2) is 23.9 Å². The van der Waals surface area contributed by atoms with E-state index >= 15 is 0 Å². The number of amides is 1. The molecule has 0 aromatic heterocycles. The Hall–Kier alpha value is -1.61. The molecule has 0 radical (unpaired) electrons. The van der Waals surface area contributed by atoms with Gasteiger partial charge in [-0.25, -0.2) is 0 Å². The predicted octanol–water partition coefficient (Wildman–Crippen LogP) is 1.26. The summed E-state index contributed by atoms with van der Waals surface area (Å²) >= 11 is 0. The van der Waals surface area contributed by atoms with Crippen LogP contribution in [0, 0.1) is 0 Å². The predicted molar refractivity (Wildman–Crippen MR) is 63.9 cm³/mol. The van der Waals surface area contributed by atoms with Gasteiger partial charge >= 0.3 is 0 Å². The fourth-order valence-corrected chi connectivity index (χ4v) is 2.10. The van der Waals surface area contributed by atoms with Gasteiger partial charge in [-0.15, -0.1) is 6.58 Å². The molecular weight excluding hydrogens is 200 g/mol. The first kappa shape index (κ1) is 10.9. The van der Waals surface area contributed by atoms with Crippen molar-refractivity contribution < 1.29 is 4.79 Å². The lowest BCUT2D eigenvalue weighted by Crippen LogP contribution is -2.37. The van der Waals surface area contributed by atoms with Crippen LogP contribution in [0.1, 0.15) is 17.2 Å². The van der Waals surface area contributed by atoms with Crippen molar-refractivity contribution in [3.63, 3.8) is 0 Å². The Morgan fingerprint density at radius 1 is 1.50 bits per heavy atom. The van der Waals surface area contributed by atoms with Gasteiger partial charge in [0.2, 0.25) is 5.91 Å². The van der Waals surface area contributed by atoms with E-state index in [0.29, 0.717) is 6.54 Å². The highest BCUT2D eigenvalue weighted by atomic mass is 16.2. The van der Waals surface area contributed by atoms with E-state index < -0.39 is 6.04 Å². The van der Waals surface area contributed by atoms with Crippen LogP contribution in [0.3, 0.4) is 0 Å².